The van der Waals surface area contributed by atoms with Gasteiger partial charge in [-0.25, -0.2) is 0 Å². The average molecular weight is 268 g/mol. The van der Waals surface area contributed by atoms with Gasteiger partial charge < -0.3 is 15.3 Å². The molecule has 8 heteroatoms. The number of carboxylic acids is 1. The fourth-order valence-corrected chi connectivity index (χ4v) is 1.83. The molecule has 0 saturated carbocycles. The number of aliphatic carboxylic acids is 1. The van der Waals surface area contributed by atoms with E-state index >= 15 is 0 Å². The number of piperidine rings is 1. The lowest BCUT2D eigenvalue weighted by Crippen LogP contribution is -2.43. The molecule has 0 aromatic heterocycles. The third kappa shape index (κ3) is 4.52. The number of amides is 1. The maximum absolute atomic E-state index is 11.9. The van der Waals surface area contributed by atoms with E-state index in [1.165, 1.54) is 0 Å². The van der Waals surface area contributed by atoms with E-state index < -0.39 is 18.1 Å². The van der Waals surface area contributed by atoms with E-state index in [0.29, 0.717) is 32.5 Å². The van der Waals surface area contributed by atoms with E-state index in [-0.39, 0.29) is 12.5 Å². The smallest absolute Gasteiger partial charge is 0.471 e. The van der Waals surface area contributed by atoms with Crippen molar-refractivity contribution in [2.45, 2.75) is 19.0 Å². The monoisotopic (exact) mass is 268 g/mol. The molecule has 0 aromatic rings. The maximum Gasteiger partial charge on any atom is 0.471 e. The zero-order chi connectivity index (χ0) is 13.8. The second kappa shape index (κ2) is 6.03. The SMILES string of the molecule is O=C(O)C1CCN(CCNC(=O)C(F)(F)F)CC1. The second-order valence-electron chi connectivity index (χ2n) is 4.21. The number of rotatable bonds is 4. The second-order valence-corrected chi connectivity index (χ2v) is 4.21. The van der Waals surface area contributed by atoms with Gasteiger partial charge in [0, 0.05) is 13.1 Å². The zero-order valence-corrected chi connectivity index (χ0v) is 9.66. The standard InChI is InChI=1S/C10H15F3N2O3/c11-10(12,13)9(18)14-3-6-15-4-1-7(2-5-15)8(16)17/h7H,1-6H2,(H,14,18)(H,16,17). The predicted molar refractivity (Wildman–Crippen MR) is 55.9 cm³/mol. The molecule has 0 spiro atoms. The Bertz CT molecular complexity index is 312. The predicted octanol–water partition coefficient (Wildman–Crippen LogP) is 0.461. The van der Waals surface area contributed by atoms with Gasteiger partial charge in [0.1, 0.15) is 0 Å². The van der Waals surface area contributed by atoms with Crippen molar-refractivity contribution in [1.29, 1.82) is 0 Å². The molecule has 1 rings (SSSR count). The minimum atomic E-state index is -4.85. The van der Waals surface area contributed by atoms with Gasteiger partial charge in [-0.3, -0.25) is 9.59 Å². The van der Waals surface area contributed by atoms with Crippen LogP contribution in [0.3, 0.4) is 0 Å². The highest BCUT2D eigenvalue weighted by Crippen LogP contribution is 2.17. The molecule has 1 aliphatic rings. The van der Waals surface area contributed by atoms with Crippen LogP contribution in [0, 0.1) is 5.92 Å². The van der Waals surface area contributed by atoms with Gasteiger partial charge in [-0.2, -0.15) is 13.2 Å². The third-order valence-electron chi connectivity index (χ3n) is 2.91. The third-order valence-corrected chi connectivity index (χ3v) is 2.91. The molecule has 0 aromatic carbocycles. The van der Waals surface area contributed by atoms with Crippen LogP contribution in [0.5, 0.6) is 0 Å². The summed E-state index contributed by atoms with van der Waals surface area (Å²) in [5, 5.41) is 10.5. The molecule has 0 radical (unpaired) electrons. The molecule has 1 heterocycles. The lowest BCUT2D eigenvalue weighted by molar-refractivity contribution is -0.173. The van der Waals surface area contributed by atoms with E-state index in [1.807, 2.05) is 4.90 Å². The van der Waals surface area contributed by atoms with Crippen LogP contribution >= 0.6 is 0 Å². The fourth-order valence-electron chi connectivity index (χ4n) is 1.83. The fraction of sp³-hybridized carbons (Fsp3) is 0.800. The summed E-state index contributed by atoms with van der Waals surface area (Å²) in [6.07, 6.45) is -3.87. The Morgan fingerprint density at radius 1 is 1.28 bits per heavy atom. The topological polar surface area (TPSA) is 69.6 Å². The number of alkyl halides is 3. The molecule has 1 amide bonds. The minimum absolute atomic E-state index is 0.0872. The molecule has 5 nitrogen and oxygen atoms in total. The first kappa shape index (κ1) is 14.7. The number of hydrogen-bond donors (Lipinski definition) is 2. The number of hydrogen-bond acceptors (Lipinski definition) is 3. The van der Waals surface area contributed by atoms with Crippen molar-refractivity contribution in [3.63, 3.8) is 0 Å². The first-order chi connectivity index (χ1) is 8.30. The minimum Gasteiger partial charge on any atom is -0.481 e. The molecule has 2 N–H and O–H groups in total. The summed E-state index contributed by atoms with van der Waals surface area (Å²) in [5.41, 5.74) is 0. The molecule has 1 fully saturated rings. The van der Waals surface area contributed by atoms with Crippen molar-refractivity contribution in [3.8, 4) is 0 Å². The molecule has 18 heavy (non-hydrogen) atoms. The number of carbonyl (C=O) groups excluding carboxylic acids is 1. The van der Waals surface area contributed by atoms with E-state index in [9.17, 15) is 22.8 Å². The highest BCUT2D eigenvalue weighted by molar-refractivity contribution is 5.81. The van der Waals surface area contributed by atoms with Gasteiger partial charge >= 0.3 is 18.1 Å². The molecule has 104 valence electrons. The normalized spacial score (nSPS) is 18.6. The first-order valence-corrected chi connectivity index (χ1v) is 5.61. The van der Waals surface area contributed by atoms with Crippen LogP contribution in [0.2, 0.25) is 0 Å². The summed E-state index contributed by atoms with van der Waals surface area (Å²) < 4.78 is 35.6. The number of carboxylic acid groups (broad SMARTS) is 1. The van der Waals surface area contributed by atoms with Gasteiger partial charge in [-0.1, -0.05) is 0 Å². The largest absolute Gasteiger partial charge is 0.481 e. The number of likely N-dealkylation sites (tertiary alicyclic amines) is 1. The van der Waals surface area contributed by atoms with Crippen LogP contribution in [0.4, 0.5) is 13.2 Å². The summed E-state index contributed by atoms with van der Waals surface area (Å²) in [5.74, 6) is -3.14. The van der Waals surface area contributed by atoms with Crippen LogP contribution in [0.15, 0.2) is 0 Å². The van der Waals surface area contributed by atoms with Crippen LogP contribution in [0.25, 0.3) is 0 Å². The van der Waals surface area contributed by atoms with Crippen molar-refractivity contribution in [1.82, 2.24) is 10.2 Å². The molecule has 0 unspecified atom stereocenters. The molecule has 0 bridgehead atoms. The summed E-state index contributed by atoms with van der Waals surface area (Å²) in [7, 11) is 0. The van der Waals surface area contributed by atoms with E-state index in [1.54, 1.807) is 5.32 Å². The van der Waals surface area contributed by atoms with Gasteiger partial charge in [0.2, 0.25) is 0 Å². The van der Waals surface area contributed by atoms with Crippen LogP contribution in [-0.2, 0) is 9.59 Å². The Balaban J connectivity index is 2.19. The summed E-state index contributed by atoms with van der Waals surface area (Å²) in [6.45, 7) is 1.27. The Morgan fingerprint density at radius 2 is 1.83 bits per heavy atom. The molecule has 1 aliphatic heterocycles. The highest BCUT2D eigenvalue weighted by atomic mass is 19.4. The van der Waals surface area contributed by atoms with Gasteiger partial charge in [-0.15, -0.1) is 0 Å². The zero-order valence-electron chi connectivity index (χ0n) is 9.66. The number of nitrogens with one attached hydrogen (secondary N) is 1. The molecule has 1 saturated heterocycles. The number of halogens is 3. The van der Waals surface area contributed by atoms with Crippen LogP contribution in [0.1, 0.15) is 12.8 Å². The summed E-state index contributed by atoms with van der Waals surface area (Å²) >= 11 is 0. The first-order valence-electron chi connectivity index (χ1n) is 5.61. The van der Waals surface area contributed by atoms with Crippen LogP contribution in [-0.4, -0.2) is 54.2 Å². The van der Waals surface area contributed by atoms with Crippen molar-refractivity contribution in [2.75, 3.05) is 26.2 Å². The van der Waals surface area contributed by atoms with Crippen LogP contribution < -0.4 is 5.32 Å². The van der Waals surface area contributed by atoms with E-state index in [0.717, 1.165) is 0 Å². The molecule has 0 atom stereocenters. The summed E-state index contributed by atoms with van der Waals surface area (Å²) in [4.78, 5) is 23.0. The highest BCUT2D eigenvalue weighted by Gasteiger charge is 2.38. The van der Waals surface area contributed by atoms with Crippen molar-refractivity contribution in [2.24, 2.45) is 5.92 Å². The molecule has 0 aliphatic carbocycles. The van der Waals surface area contributed by atoms with Crippen molar-refractivity contribution >= 4 is 11.9 Å². The van der Waals surface area contributed by atoms with E-state index in [4.69, 9.17) is 5.11 Å². The van der Waals surface area contributed by atoms with Gasteiger partial charge in [0.15, 0.2) is 0 Å². The number of nitrogens with zero attached hydrogens (tertiary/aromatic N) is 1. The maximum atomic E-state index is 11.9. The molecular weight excluding hydrogens is 253 g/mol. The molecular formula is C10H15F3N2O3. The lowest BCUT2D eigenvalue weighted by atomic mass is 9.97. The Kier molecular flexibility index (Phi) is 4.94. The van der Waals surface area contributed by atoms with Gasteiger partial charge in [-0.05, 0) is 25.9 Å². The van der Waals surface area contributed by atoms with E-state index in [2.05, 4.69) is 0 Å². The lowest BCUT2D eigenvalue weighted by Gasteiger charge is -2.29. The van der Waals surface area contributed by atoms with Gasteiger partial charge in [0.25, 0.3) is 0 Å². The summed E-state index contributed by atoms with van der Waals surface area (Å²) in [6, 6.07) is 0. The van der Waals surface area contributed by atoms with Gasteiger partial charge in [0.05, 0.1) is 5.92 Å². The van der Waals surface area contributed by atoms with Crippen molar-refractivity contribution in [3.05, 3.63) is 0 Å². The Hall–Kier alpha value is -1.31. The van der Waals surface area contributed by atoms with Crippen molar-refractivity contribution < 1.29 is 27.9 Å². The quantitative estimate of drug-likeness (QED) is 0.777. The number of carbonyl (C=O) groups is 2. The Morgan fingerprint density at radius 3 is 2.28 bits per heavy atom. The Labute approximate surface area is 102 Å². The average Bonchev–Trinajstić information content (AvgIpc) is 2.28.